The standard InChI is InChI=1S/C21H23BrN2O5/c1-21(2,3)29-20(25)23-18(13-6-5-7-16(11-13)28-4)9-8-14-10-15(24(26)27)12-17(22)19(14)23/h5-7,10-12,18H,8-9H2,1-4H3. The summed E-state index contributed by atoms with van der Waals surface area (Å²) in [5, 5.41) is 11.3. The van der Waals surface area contributed by atoms with Crippen LogP contribution in [0, 0.1) is 10.1 Å². The molecule has 1 unspecified atom stereocenters. The summed E-state index contributed by atoms with van der Waals surface area (Å²) in [4.78, 5) is 25.6. The molecule has 0 aliphatic carbocycles. The molecular formula is C21H23BrN2O5. The number of rotatable bonds is 3. The Hall–Kier alpha value is -2.61. The van der Waals surface area contributed by atoms with E-state index in [9.17, 15) is 14.9 Å². The van der Waals surface area contributed by atoms with E-state index in [0.29, 0.717) is 28.8 Å². The van der Waals surface area contributed by atoms with Crippen LogP contribution in [-0.2, 0) is 11.2 Å². The molecule has 29 heavy (non-hydrogen) atoms. The normalized spacial score (nSPS) is 16.2. The molecule has 0 saturated heterocycles. The lowest BCUT2D eigenvalue weighted by Gasteiger charge is -2.38. The first kappa shape index (κ1) is 21.1. The van der Waals surface area contributed by atoms with Crippen molar-refractivity contribution in [1.82, 2.24) is 0 Å². The quantitative estimate of drug-likeness (QED) is 0.425. The number of aryl methyl sites for hydroxylation is 1. The molecule has 1 heterocycles. The molecule has 0 N–H and O–H groups in total. The van der Waals surface area contributed by atoms with E-state index in [1.54, 1.807) is 32.8 Å². The summed E-state index contributed by atoms with van der Waals surface area (Å²) in [6, 6.07) is 10.2. The van der Waals surface area contributed by atoms with Crippen molar-refractivity contribution in [3.63, 3.8) is 0 Å². The third-order valence-corrected chi connectivity index (χ3v) is 5.25. The molecule has 1 atom stereocenters. The van der Waals surface area contributed by atoms with Crippen LogP contribution < -0.4 is 9.64 Å². The minimum atomic E-state index is -0.680. The Balaban J connectivity index is 2.13. The topological polar surface area (TPSA) is 81.9 Å². The molecule has 0 aromatic heterocycles. The summed E-state index contributed by atoms with van der Waals surface area (Å²) in [5.74, 6) is 0.695. The minimum absolute atomic E-state index is 0.0143. The second kappa shape index (κ2) is 8.02. The zero-order valence-electron chi connectivity index (χ0n) is 16.8. The average molecular weight is 463 g/mol. The molecule has 8 heteroatoms. The molecule has 0 radical (unpaired) electrons. The smallest absolute Gasteiger partial charge is 0.415 e. The summed E-state index contributed by atoms with van der Waals surface area (Å²) in [5.41, 5.74) is 1.55. The first-order valence-electron chi connectivity index (χ1n) is 9.23. The SMILES string of the molecule is COc1cccc(C2CCc3cc([N+](=O)[O-])cc(Br)c3N2C(=O)OC(C)(C)C)c1. The van der Waals surface area contributed by atoms with Crippen molar-refractivity contribution in [1.29, 1.82) is 0 Å². The summed E-state index contributed by atoms with van der Waals surface area (Å²) in [6.45, 7) is 5.42. The van der Waals surface area contributed by atoms with Crippen LogP contribution >= 0.6 is 15.9 Å². The summed E-state index contributed by atoms with van der Waals surface area (Å²) >= 11 is 3.44. The number of halogens is 1. The average Bonchev–Trinajstić information content (AvgIpc) is 2.65. The fourth-order valence-corrected chi connectivity index (χ4v) is 4.16. The number of nitro benzene ring substituents is 1. The van der Waals surface area contributed by atoms with Crippen molar-refractivity contribution in [3.8, 4) is 5.75 Å². The van der Waals surface area contributed by atoms with E-state index in [2.05, 4.69) is 15.9 Å². The maximum atomic E-state index is 13.2. The van der Waals surface area contributed by atoms with Crippen molar-refractivity contribution in [2.45, 2.75) is 45.3 Å². The molecular weight excluding hydrogens is 440 g/mol. The fraction of sp³-hybridized carbons (Fsp3) is 0.381. The monoisotopic (exact) mass is 462 g/mol. The largest absolute Gasteiger partial charge is 0.497 e. The van der Waals surface area contributed by atoms with E-state index in [4.69, 9.17) is 9.47 Å². The molecule has 0 spiro atoms. The van der Waals surface area contributed by atoms with Gasteiger partial charge in [-0.3, -0.25) is 15.0 Å². The van der Waals surface area contributed by atoms with Crippen molar-refractivity contribution >= 4 is 33.4 Å². The molecule has 1 aliphatic rings. The number of amides is 1. The van der Waals surface area contributed by atoms with E-state index in [1.807, 2.05) is 24.3 Å². The Morgan fingerprint density at radius 2 is 2.00 bits per heavy atom. The number of fused-ring (bicyclic) bond motifs is 1. The first-order chi connectivity index (χ1) is 13.6. The van der Waals surface area contributed by atoms with Crippen LogP contribution in [0.5, 0.6) is 5.75 Å². The van der Waals surface area contributed by atoms with E-state index < -0.39 is 16.6 Å². The number of nitrogens with zero attached hydrogens (tertiary/aromatic N) is 2. The van der Waals surface area contributed by atoms with Crippen LogP contribution in [0.3, 0.4) is 0 Å². The van der Waals surface area contributed by atoms with Crippen molar-refractivity contribution in [2.75, 3.05) is 12.0 Å². The Kier molecular flexibility index (Phi) is 5.84. The van der Waals surface area contributed by atoms with Gasteiger partial charge in [-0.05, 0) is 72.8 Å². The number of benzene rings is 2. The van der Waals surface area contributed by atoms with Crippen LogP contribution in [0.1, 0.15) is 44.4 Å². The van der Waals surface area contributed by atoms with Gasteiger partial charge >= 0.3 is 6.09 Å². The van der Waals surface area contributed by atoms with Crippen molar-refractivity contribution < 1.29 is 19.2 Å². The molecule has 3 rings (SSSR count). The van der Waals surface area contributed by atoms with E-state index >= 15 is 0 Å². The van der Waals surface area contributed by atoms with Crippen molar-refractivity contribution in [2.24, 2.45) is 0 Å². The van der Waals surface area contributed by atoms with E-state index in [1.165, 1.54) is 12.1 Å². The summed E-state index contributed by atoms with van der Waals surface area (Å²) < 4.78 is 11.5. The third-order valence-electron chi connectivity index (χ3n) is 4.65. The zero-order chi connectivity index (χ0) is 21.3. The van der Waals surface area contributed by atoms with Crippen LogP contribution in [0.25, 0.3) is 0 Å². The molecule has 2 aromatic rings. The van der Waals surface area contributed by atoms with Crippen LogP contribution in [-0.4, -0.2) is 23.7 Å². The second-order valence-corrected chi connectivity index (χ2v) is 8.73. The Morgan fingerprint density at radius 1 is 1.28 bits per heavy atom. The molecule has 154 valence electrons. The zero-order valence-corrected chi connectivity index (χ0v) is 18.4. The van der Waals surface area contributed by atoms with Gasteiger partial charge in [0.2, 0.25) is 0 Å². The van der Waals surface area contributed by atoms with Gasteiger partial charge in [0.05, 0.1) is 23.8 Å². The number of carbonyl (C=O) groups excluding carboxylic acids is 1. The maximum Gasteiger partial charge on any atom is 0.415 e. The molecule has 1 aliphatic heterocycles. The molecule has 7 nitrogen and oxygen atoms in total. The Bertz CT molecular complexity index is 955. The van der Waals surface area contributed by atoms with Gasteiger partial charge in [0.15, 0.2) is 0 Å². The number of hydrogen-bond acceptors (Lipinski definition) is 5. The van der Waals surface area contributed by atoms with Gasteiger partial charge < -0.3 is 9.47 Å². The van der Waals surface area contributed by atoms with Gasteiger partial charge in [-0.15, -0.1) is 0 Å². The van der Waals surface area contributed by atoms with E-state index in [0.717, 1.165) is 11.1 Å². The third kappa shape index (κ3) is 4.53. The maximum absolute atomic E-state index is 13.2. The summed E-state index contributed by atoms with van der Waals surface area (Å²) in [7, 11) is 1.59. The fourth-order valence-electron chi connectivity index (χ4n) is 3.48. The molecule has 2 aromatic carbocycles. The highest BCUT2D eigenvalue weighted by atomic mass is 79.9. The number of ether oxygens (including phenoxy) is 2. The number of anilines is 1. The number of methoxy groups -OCH3 is 1. The highest BCUT2D eigenvalue weighted by Gasteiger charge is 2.37. The van der Waals surface area contributed by atoms with Crippen molar-refractivity contribution in [3.05, 3.63) is 62.1 Å². The molecule has 0 bridgehead atoms. The molecule has 1 amide bonds. The van der Waals surface area contributed by atoms with Crippen LogP contribution in [0.15, 0.2) is 40.9 Å². The molecule has 0 saturated carbocycles. The Labute approximate surface area is 177 Å². The van der Waals surface area contributed by atoms with Gasteiger partial charge in [-0.1, -0.05) is 12.1 Å². The Morgan fingerprint density at radius 3 is 2.62 bits per heavy atom. The number of carbonyl (C=O) groups is 1. The number of non-ortho nitro benzene ring substituents is 1. The number of nitro groups is 1. The van der Waals surface area contributed by atoms with Gasteiger partial charge in [-0.25, -0.2) is 4.79 Å². The molecule has 0 fully saturated rings. The predicted molar refractivity (Wildman–Crippen MR) is 114 cm³/mol. The lowest BCUT2D eigenvalue weighted by molar-refractivity contribution is -0.385. The van der Waals surface area contributed by atoms with Crippen LogP contribution in [0.4, 0.5) is 16.2 Å². The van der Waals surface area contributed by atoms with Gasteiger partial charge in [-0.2, -0.15) is 0 Å². The number of hydrogen-bond donors (Lipinski definition) is 0. The lowest BCUT2D eigenvalue weighted by Crippen LogP contribution is -2.42. The minimum Gasteiger partial charge on any atom is -0.497 e. The highest BCUT2D eigenvalue weighted by molar-refractivity contribution is 9.10. The second-order valence-electron chi connectivity index (χ2n) is 7.87. The van der Waals surface area contributed by atoms with Crippen LogP contribution in [0.2, 0.25) is 0 Å². The predicted octanol–water partition coefficient (Wildman–Crippen LogP) is 5.79. The lowest BCUT2D eigenvalue weighted by atomic mass is 9.91. The first-order valence-corrected chi connectivity index (χ1v) is 10.0. The summed E-state index contributed by atoms with van der Waals surface area (Å²) in [6.07, 6.45) is 0.699. The van der Waals surface area contributed by atoms with Gasteiger partial charge in [0.25, 0.3) is 5.69 Å². The van der Waals surface area contributed by atoms with Gasteiger partial charge in [0, 0.05) is 16.6 Å². The highest BCUT2D eigenvalue weighted by Crippen LogP contribution is 2.45. The van der Waals surface area contributed by atoms with Gasteiger partial charge in [0.1, 0.15) is 11.4 Å². The van der Waals surface area contributed by atoms with E-state index in [-0.39, 0.29) is 11.7 Å².